The zero-order chi connectivity index (χ0) is 12.7. The predicted molar refractivity (Wildman–Crippen MR) is 78.6 cm³/mol. The Balaban J connectivity index is 1.96. The van der Waals surface area contributed by atoms with Crippen molar-refractivity contribution in [3.8, 4) is 0 Å². The molecule has 100 valence electrons. The molecule has 0 amide bonds. The largest absolute Gasteiger partial charge is 0.311 e. The molecule has 2 saturated carbocycles. The Morgan fingerprint density at radius 3 is 2.53 bits per heavy atom. The quantitative estimate of drug-likeness (QED) is 0.799. The van der Waals surface area contributed by atoms with E-state index in [-0.39, 0.29) is 0 Å². The van der Waals surface area contributed by atoms with Gasteiger partial charge >= 0.3 is 0 Å². The molecule has 0 aliphatic heterocycles. The van der Waals surface area contributed by atoms with E-state index in [4.69, 9.17) is 0 Å². The molecule has 4 unspecified atom stereocenters. The topological polar surface area (TPSA) is 12.0 Å². The van der Waals surface area contributed by atoms with Crippen LogP contribution in [0.25, 0.3) is 0 Å². The lowest BCUT2D eigenvalue weighted by molar-refractivity contribution is 0.116. The lowest BCUT2D eigenvalue weighted by Crippen LogP contribution is -2.47. The highest BCUT2D eigenvalue weighted by Gasteiger charge is 2.61. The molecule has 2 fully saturated rings. The minimum absolute atomic E-state index is 0.533. The first-order valence-corrected chi connectivity index (χ1v) is 8.56. The van der Waals surface area contributed by atoms with Crippen LogP contribution in [0.5, 0.6) is 0 Å². The van der Waals surface area contributed by atoms with Crippen LogP contribution < -0.4 is 5.32 Å². The Morgan fingerprint density at radius 1 is 1.35 bits per heavy atom. The molecule has 2 aliphatic carbocycles. The SMILES string of the molecule is CSCCC(C)NC1CC2CCC1(C)C2(C)C. The molecule has 4 atom stereocenters. The smallest absolute Gasteiger partial charge is 0.0131 e. The maximum atomic E-state index is 3.93. The molecule has 0 radical (unpaired) electrons. The molecule has 2 bridgehead atoms. The molecule has 2 rings (SSSR count). The summed E-state index contributed by atoms with van der Waals surface area (Å²) in [4.78, 5) is 0. The normalized spacial score (nSPS) is 40.8. The molecule has 2 aliphatic rings. The van der Waals surface area contributed by atoms with Crippen LogP contribution in [-0.4, -0.2) is 24.1 Å². The fraction of sp³-hybridized carbons (Fsp3) is 1.00. The monoisotopic (exact) mass is 255 g/mol. The Morgan fingerprint density at radius 2 is 2.06 bits per heavy atom. The van der Waals surface area contributed by atoms with Gasteiger partial charge in [0.25, 0.3) is 0 Å². The van der Waals surface area contributed by atoms with Crippen molar-refractivity contribution in [2.45, 2.75) is 65.5 Å². The van der Waals surface area contributed by atoms with Gasteiger partial charge in [0.1, 0.15) is 0 Å². The van der Waals surface area contributed by atoms with Crippen molar-refractivity contribution in [2.75, 3.05) is 12.0 Å². The summed E-state index contributed by atoms with van der Waals surface area (Å²) >= 11 is 1.96. The van der Waals surface area contributed by atoms with E-state index >= 15 is 0 Å². The average Bonchev–Trinajstić information content (AvgIpc) is 2.59. The van der Waals surface area contributed by atoms with E-state index in [1.165, 1.54) is 31.4 Å². The second-order valence-corrected chi connectivity index (χ2v) is 8.00. The predicted octanol–water partition coefficient (Wildman–Crippen LogP) is 3.93. The third kappa shape index (κ3) is 2.16. The fourth-order valence-corrected chi connectivity index (χ4v) is 4.77. The maximum Gasteiger partial charge on any atom is 0.0131 e. The highest BCUT2D eigenvalue weighted by atomic mass is 32.2. The van der Waals surface area contributed by atoms with Gasteiger partial charge in [0.15, 0.2) is 0 Å². The number of hydrogen-bond donors (Lipinski definition) is 1. The first kappa shape index (κ1) is 13.7. The van der Waals surface area contributed by atoms with Gasteiger partial charge < -0.3 is 5.32 Å². The van der Waals surface area contributed by atoms with Crippen LogP contribution in [0.2, 0.25) is 0 Å². The molecular formula is C15H29NS. The van der Waals surface area contributed by atoms with Gasteiger partial charge in [0, 0.05) is 12.1 Å². The van der Waals surface area contributed by atoms with Crippen molar-refractivity contribution < 1.29 is 0 Å². The van der Waals surface area contributed by atoms with Crippen LogP contribution in [0.3, 0.4) is 0 Å². The first-order valence-electron chi connectivity index (χ1n) is 7.17. The van der Waals surface area contributed by atoms with Crippen molar-refractivity contribution in [1.82, 2.24) is 5.32 Å². The molecule has 1 nitrogen and oxygen atoms in total. The third-order valence-electron chi connectivity index (χ3n) is 6.03. The molecular weight excluding hydrogens is 226 g/mol. The summed E-state index contributed by atoms with van der Waals surface area (Å²) in [6, 6.07) is 1.44. The molecule has 0 saturated heterocycles. The second-order valence-electron chi connectivity index (χ2n) is 7.01. The van der Waals surface area contributed by atoms with E-state index in [1.807, 2.05) is 11.8 Å². The van der Waals surface area contributed by atoms with Crippen LogP contribution in [0, 0.1) is 16.7 Å². The van der Waals surface area contributed by atoms with E-state index in [0.717, 1.165) is 12.0 Å². The second kappa shape index (κ2) is 4.77. The summed E-state index contributed by atoms with van der Waals surface area (Å²) in [5, 5.41) is 3.93. The summed E-state index contributed by atoms with van der Waals surface area (Å²) in [5.41, 5.74) is 1.08. The summed E-state index contributed by atoms with van der Waals surface area (Å²) in [7, 11) is 0. The third-order valence-corrected chi connectivity index (χ3v) is 6.68. The first-order chi connectivity index (χ1) is 7.91. The number of fused-ring (bicyclic) bond motifs is 2. The van der Waals surface area contributed by atoms with Gasteiger partial charge in [-0.25, -0.2) is 0 Å². The summed E-state index contributed by atoms with van der Waals surface area (Å²) in [5.74, 6) is 2.24. The standard InChI is InChI=1S/C15H29NS/c1-11(7-9-17-5)16-13-10-12-6-8-15(13,4)14(12,2)3/h11-13,16H,6-10H2,1-5H3. The van der Waals surface area contributed by atoms with Gasteiger partial charge in [-0.2, -0.15) is 11.8 Å². The van der Waals surface area contributed by atoms with Crippen molar-refractivity contribution in [3.05, 3.63) is 0 Å². The van der Waals surface area contributed by atoms with Crippen LogP contribution in [-0.2, 0) is 0 Å². The van der Waals surface area contributed by atoms with E-state index in [9.17, 15) is 0 Å². The van der Waals surface area contributed by atoms with E-state index < -0.39 is 0 Å². The summed E-state index contributed by atoms with van der Waals surface area (Å²) in [6.07, 6.45) is 7.80. The van der Waals surface area contributed by atoms with Gasteiger partial charge in [0.2, 0.25) is 0 Å². The zero-order valence-electron chi connectivity index (χ0n) is 12.2. The van der Waals surface area contributed by atoms with E-state index in [0.29, 0.717) is 16.9 Å². The van der Waals surface area contributed by atoms with Crippen LogP contribution in [0.4, 0.5) is 0 Å². The maximum absolute atomic E-state index is 3.93. The van der Waals surface area contributed by atoms with Crippen LogP contribution in [0.1, 0.15) is 53.4 Å². The minimum Gasteiger partial charge on any atom is -0.311 e. The molecule has 0 spiro atoms. The number of thioether (sulfide) groups is 1. The number of hydrogen-bond acceptors (Lipinski definition) is 2. The number of nitrogens with one attached hydrogen (secondary N) is 1. The van der Waals surface area contributed by atoms with E-state index in [1.54, 1.807) is 0 Å². The van der Waals surface area contributed by atoms with E-state index in [2.05, 4.69) is 39.3 Å². The lowest BCUT2D eigenvalue weighted by Gasteiger charge is -2.40. The minimum atomic E-state index is 0.533. The van der Waals surface area contributed by atoms with Gasteiger partial charge in [-0.3, -0.25) is 0 Å². The summed E-state index contributed by atoms with van der Waals surface area (Å²) < 4.78 is 0. The van der Waals surface area contributed by atoms with Gasteiger partial charge in [0.05, 0.1) is 0 Å². The Kier molecular flexibility index (Phi) is 3.85. The molecule has 0 aromatic rings. The van der Waals surface area contributed by atoms with Gasteiger partial charge in [-0.05, 0) is 61.4 Å². The van der Waals surface area contributed by atoms with Crippen LogP contribution in [0.15, 0.2) is 0 Å². The summed E-state index contributed by atoms with van der Waals surface area (Å²) in [6.45, 7) is 9.88. The highest BCUT2D eigenvalue weighted by molar-refractivity contribution is 7.98. The average molecular weight is 255 g/mol. The van der Waals surface area contributed by atoms with Crippen molar-refractivity contribution in [1.29, 1.82) is 0 Å². The fourth-order valence-electron chi connectivity index (χ4n) is 4.18. The van der Waals surface area contributed by atoms with Crippen molar-refractivity contribution >= 4 is 11.8 Å². The Hall–Kier alpha value is 0.310. The Labute approximate surface area is 112 Å². The van der Waals surface area contributed by atoms with Crippen LogP contribution >= 0.6 is 11.8 Å². The zero-order valence-corrected chi connectivity index (χ0v) is 13.0. The van der Waals surface area contributed by atoms with Gasteiger partial charge in [-0.1, -0.05) is 20.8 Å². The number of rotatable bonds is 5. The highest BCUT2D eigenvalue weighted by Crippen LogP contribution is 2.65. The van der Waals surface area contributed by atoms with Crippen molar-refractivity contribution in [3.63, 3.8) is 0 Å². The molecule has 17 heavy (non-hydrogen) atoms. The Bertz CT molecular complexity index is 276. The molecule has 0 aromatic heterocycles. The molecule has 1 N–H and O–H groups in total. The lowest BCUT2D eigenvalue weighted by atomic mass is 9.69. The van der Waals surface area contributed by atoms with Gasteiger partial charge in [-0.15, -0.1) is 0 Å². The van der Waals surface area contributed by atoms with Crippen molar-refractivity contribution in [2.24, 2.45) is 16.7 Å². The molecule has 0 heterocycles. The molecule has 2 heteroatoms. The molecule has 0 aromatic carbocycles.